The van der Waals surface area contributed by atoms with Gasteiger partial charge in [0.2, 0.25) is 0 Å². The van der Waals surface area contributed by atoms with Gasteiger partial charge in [-0.15, -0.1) is 0 Å². The Morgan fingerprint density at radius 2 is 1.95 bits per heavy atom. The fraction of sp³-hybridized carbons (Fsp3) is 0.500. The first-order valence-corrected chi connectivity index (χ1v) is 7.32. The lowest BCUT2D eigenvalue weighted by molar-refractivity contribution is -0.139. The number of hydrogen-bond acceptors (Lipinski definition) is 2. The largest absolute Gasteiger partial charge is 0.480 e. The molecule has 1 aromatic carbocycles. The summed E-state index contributed by atoms with van der Waals surface area (Å²) in [6.45, 7) is 5.38. The number of carbonyl (C=O) groups excluding carboxylic acids is 1. The second-order valence-corrected chi connectivity index (χ2v) is 5.67. The van der Waals surface area contributed by atoms with Crippen molar-refractivity contribution in [2.24, 2.45) is 0 Å². The van der Waals surface area contributed by atoms with E-state index in [0.29, 0.717) is 19.5 Å². The SMILES string of the molecule is Cc1ccc(CC(NC(=O)N2CCCC2)C(=O)O)c(C)c1. The summed E-state index contributed by atoms with van der Waals surface area (Å²) in [6.07, 6.45) is 2.28. The molecule has 5 heteroatoms. The third-order valence-corrected chi connectivity index (χ3v) is 3.91. The Morgan fingerprint density at radius 3 is 2.52 bits per heavy atom. The van der Waals surface area contributed by atoms with Crippen LogP contribution in [0.4, 0.5) is 4.79 Å². The van der Waals surface area contributed by atoms with Crippen molar-refractivity contribution in [1.82, 2.24) is 10.2 Å². The second kappa shape index (κ2) is 6.61. The van der Waals surface area contributed by atoms with Crippen LogP contribution in [0.25, 0.3) is 0 Å². The topological polar surface area (TPSA) is 69.6 Å². The molecule has 2 amide bonds. The molecule has 5 nitrogen and oxygen atoms in total. The molecule has 0 aromatic heterocycles. The molecule has 1 aliphatic rings. The lowest BCUT2D eigenvalue weighted by Gasteiger charge is -2.21. The van der Waals surface area contributed by atoms with Gasteiger partial charge < -0.3 is 15.3 Å². The third-order valence-electron chi connectivity index (χ3n) is 3.91. The third kappa shape index (κ3) is 3.97. The quantitative estimate of drug-likeness (QED) is 0.892. The second-order valence-electron chi connectivity index (χ2n) is 5.67. The van der Waals surface area contributed by atoms with Gasteiger partial charge in [0.15, 0.2) is 0 Å². The molecular weight excluding hydrogens is 268 g/mol. The summed E-state index contributed by atoms with van der Waals surface area (Å²) in [5.41, 5.74) is 3.15. The van der Waals surface area contributed by atoms with E-state index in [2.05, 4.69) is 5.32 Å². The van der Waals surface area contributed by atoms with Gasteiger partial charge in [-0.1, -0.05) is 23.8 Å². The highest BCUT2D eigenvalue weighted by atomic mass is 16.4. The summed E-state index contributed by atoms with van der Waals surface area (Å²) < 4.78 is 0. The maximum atomic E-state index is 12.0. The molecule has 1 unspecified atom stereocenters. The van der Waals surface area contributed by atoms with Crippen LogP contribution in [0.3, 0.4) is 0 Å². The molecular formula is C16H22N2O3. The average Bonchev–Trinajstić information content (AvgIpc) is 2.94. The van der Waals surface area contributed by atoms with E-state index in [1.807, 2.05) is 32.0 Å². The van der Waals surface area contributed by atoms with Crippen LogP contribution in [0, 0.1) is 13.8 Å². The molecule has 1 heterocycles. The number of carbonyl (C=O) groups is 2. The molecule has 114 valence electrons. The Kier molecular flexibility index (Phi) is 4.83. The minimum Gasteiger partial charge on any atom is -0.480 e. The molecule has 0 spiro atoms. The van der Waals surface area contributed by atoms with Crippen molar-refractivity contribution in [2.45, 2.75) is 39.2 Å². The van der Waals surface area contributed by atoms with Crippen molar-refractivity contribution in [1.29, 1.82) is 0 Å². The number of nitrogens with zero attached hydrogens (tertiary/aromatic N) is 1. The highest BCUT2D eigenvalue weighted by Crippen LogP contribution is 2.14. The molecule has 0 bridgehead atoms. The standard InChI is InChI=1S/C16H22N2O3/c1-11-5-6-13(12(2)9-11)10-14(15(19)20)17-16(21)18-7-3-4-8-18/h5-6,9,14H,3-4,7-8,10H2,1-2H3,(H,17,21)(H,19,20). The van der Waals surface area contributed by atoms with Gasteiger partial charge in [0.1, 0.15) is 6.04 Å². The predicted molar refractivity (Wildman–Crippen MR) is 80.4 cm³/mol. The smallest absolute Gasteiger partial charge is 0.326 e. The first kappa shape index (κ1) is 15.4. The van der Waals surface area contributed by atoms with Gasteiger partial charge in [-0.3, -0.25) is 0 Å². The maximum Gasteiger partial charge on any atom is 0.326 e. The number of hydrogen-bond donors (Lipinski definition) is 2. The zero-order chi connectivity index (χ0) is 15.4. The number of carboxylic acids is 1. The number of aryl methyl sites for hydroxylation is 2. The zero-order valence-electron chi connectivity index (χ0n) is 12.6. The molecule has 0 radical (unpaired) electrons. The van der Waals surface area contributed by atoms with Crippen LogP contribution < -0.4 is 5.32 Å². The summed E-state index contributed by atoms with van der Waals surface area (Å²) in [7, 11) is 0. The number of urea groups is 1. The van der Waals surface area contributed by atoms with Crippen LogP contribution in [-0.2, 0) is 11.2 Å². The van der Waals surface area contributed by atoms with Crippen molar-refractivity contribution in [3.05, 3.63) is 34.9 Å². The number of aliphatic carboxylic acids is 1. The van der Waals surface area contributed by atoms with Crippen LogP contribution >= 0.6 is 0 Å². The van der Waals surface area contributed by atoms with Crippen LogP contribution in [0.15, 0.2) is 18.2 Å². The van der Waals surface area contributed by atoms with Crippen LogP contribution in [0.1, 0.15) is 29.5 Å². The number of carboxylic acid groups (broad SMARTS) is 1. The van der Waals surface area contributed by atoms with E-state index in [-0.39, 0.29) is 6.03 Å². The highest BCUT2D eigenvalue weighted by Gasteiger charge is 2.25. The van der Waals surface area contributed by atoms with E-state index in [1.165, 1.54) is 0 Å². The maximum absolute atomic E-state index is 12.0. The van der Waals surface area contributed by atoms with Crippen molar-refractivity contribution in [3.8, 4) is 0 Å². The van der Waals surface area contributed by atoms with Gasteiger partial charge in [-0.2, -0.15) is 0 Å². The average molecular weight is 290 g/mol. The Morgan fingerprint density at radius 1 is 1.29 bits per heavy atom. The monoisotopic (exact) mass is 290 g/mol. The first-order chi connectivity index (χ1) is 9.97. The fourth-order valence-electron chi connectivity index (χ4n) is 2.66. The van der Waals surface area contributed by atoms with E-state index >= 15 is 0 Å². The van der Waals surface area contributed by atoms with Gasteiger partial charge in [0, 0.05) is 19.5 Å². The number of amides is 2. The van der Waals surface area contributed by atoms with Crippen LogP contribution in [-0.4, -0.2) is 41.1 Å². The number of rotatable bonds is 4. The molecule has 1 aromatic rings. The molecule has 2 rings (SSSR count). The zero-order valence-corrected chi connectivity index (χ0v) is 12.6. The van der Waals surface area contributed by atoms with Gasteiger partial charge >= 0.3 is 12.0 Å². The molecule has 0 aliphatic carbocycles. The van der Waals surface area contributed by atoms with E-state index in [4.69, 9.17) is 0 Å². The molecule has 0 saturated carbocycles. The number of likely N-dealkylation sites (tertiary alicyclic amines) is 1. The summed E-state index contributed by atoms with van der Waals surface area (Å²) in [5, 5.41) is 12.0. The molecule has 1 aliphatic heterocycles. The molecule has 21 heavy (non-hydrogen) atoms. The van der Waals surface area contributed by atoms with Gasteiger partial charge in [0.25, 0.3) is 0 Å². The highest BCUT2D eigenvalue weighted by molar-refractivity contribution is 5.83. The predicted octanol–water partition coefficient (Wildman–Crippen LogP) is 2.10. The normalized spacial score (nSPS) is 15.8. The van der Waals surface area contributed by atoms with Crippen molar-refractivity contribution < 1.29 is 14.7 Å². The fourth-order valence-corrected chi connectivity index (χ4v) is 2.66. The Hall–Kier alpha value is -2.04. The van der Waals surface area contributed by atoms with E-state index in [1.54, 1.807) is 4.90 Å². The lowest BCUT2D eigenvalue weighted by atomic mass is 9.99. The molecule has 1 fully saturated rings. The minimum absolute atomic E-state index is 0.273. The molecule has 2 N–H and O–H groups in total. The van der Waals surface area contributed by atoms with Gasteiger partial charge in [0.05, 0.1) is 0 Å². The van der Waals surface area contributed by atoms with Crippen molar-refractivity contribution in [2.75, 3.05) is 13.1 Å². The summed E-state index contributed by atoms with van der Waals surface area (Å²) in [6, 6.07) is 4.76. The molecule has 1 saturated heterocycles. The molecule has 1 atom stereocenters. The van der Waals surface area contributed by atoms with Crippen molar-refractivity contribution >= 4 is 12.0 Å². The van der Waals surface area contributed by atoms with Gasteiger partial charge in [-0.25, -0.2) is 9.59 Å². The Bertz CT molecular complexity index is 536. The summed E-state index contributed by atoms with van der Waals surface area (Å²) in [4.78, 5) is 25.1. The van der Waals surface area contributed by atoms with Crippen LogP contribution in [0.2, 0.25) is 0 Å². The van der Waals surface area contributed by atoms with Crippen LogP contribution in [0.5, 0.6) is 0 Å². The lowest BCUT2D eigenvalue weighted by Crippen LogP contribution is -2.48. The summed E-state index contributed by atoms with van der Waals surface area (Å²) in [5.74, 6) is -0.998. The minimum atomic E-state index is -0.998. The Labute approximate surface area is 125 Å². The number of nitrogens with one attached hydrogen (secondary N) is 1. The Balaban J connectivity index is 2.04. The van der Waals surface area contributed by atoms with Gasteiger partial charge in [-0.05, 0) is 37.8 Å². The summed E-state index contributed by atoms with van der Waals surface area (Å²) >= 11 is 0. The van der Waals surface area contributed by atoms with E-state index in [0.717, 1.165) is 29.5 Å². The number of benzene rings is 1. The van der Waals surface area contributed by atoms with Crippen molar-refractivity contribution in [3.63, 3.8) is 0 Å². The van der Waals surface area contributed by atoms with E-state index < -0.39 is 12.0 Å². The van der Waals surface area contributed by atoms with E-state index in [9.17, 15) is 14.7 Å². The first-order valence-electron chi connectivity index (χ1n) is 7.32.